The summed E-state index contributed by atoms with van der Waals surface area (Å²) in [6, 6.07) is 17.3. The molecule has 8 nitrogen and oxygen atoms in total. The van der Waals surface area contributed by atoms with Crippen molar-refractivity contribution < 1.29 is 18.4 Å². The quantitative estimate of drug-likeness (QED) is 0.395. The number of hydrogen-bond donors (Lipinski definition) is 1. The van der Waals surface area contributed by atoms with E-state index in [-0.39, 0.29) is 23.5 Å². The fourth-order valence-electron chi connectivity index (χ4n) is 5.56. The average molecular weight is 542 g/mol. The van der Waals surface area contributed by atoms with Gasteiger partial charge in [0.15, 0.2) is 0 Å². The molecule has 3 aromatic carbocycles. The third kappa shape index (κ3) is 4.66. The minimum atomic E-state index is -0.930. The van der Waals surface area contributed by atoms with E-state index >= 15 is 0 Å². The molecule has 0 saturated carbocycles. The van der Waals surface area contributed by atoms with Crippen molar-refractivity contribution in [3.63, 3.8) is 0 Å². The summed E-state index contributed by atoms with van der Waals surface area (Å²) in [6.07, 6.45) is 1.73. The van der Waals surface area contributed by atoms with Crippen molar-refractivity contribution in [3.8, 4) is 11.5 Å². The Morgan fingerprint density at radius 1 is 0.850 bits per heavy atom. The van der Waals surface area contributed by atoms with Gasteiger partial charge in [-0.25, -0.2) is 4.39 Å². The van der Waals surface area contributed by atoms with E-state index in [0.717, 1.165) is 22.3 Å². The lowest BCUT2D eigenvalue weighted by atomic mass is 9.69. The Bertz CT molecular complexity index is 1500. The van der Waals surface area contributed by atoms with E-state index < -0.39 is 5.41 Å². The van der Waals surface area contributed by atoms with Gasteiger partial charge in [-0.1, -0.05) is 12.1 Å². The number of amides is 2. The first-order valence-electron chi connectivity index (χ1n) is 13.2. The van der Waals surface area contributed by atoms with Crippen LogP contribution >= 0.6 is 0 Å². The van der Waals surface area contributed by atoms with Crippen LogP contribution in [0, 0.1) is 5.82 Å². The molecule has 9 heteroatoms. The predicted octanol–water partition coefficient (Wildman–Crippen LogP) is 4.06. The number of hydrogen-bond acceptors (Lipinski definition) is 6. The lowest BCUT2D eigenvalue weighted by Crippen LogP contribution is -2.34. The zero-order valence-corrected chi connectivity index (χ0v) is 23.1. The van der Waals surface area contributed by atoms with Crippen LogP contribution < -0.4 is 5.73 Å². The number of aromatic nitrogens is 2. The largest absolute Gasteiger partial charge is 0.419 e. The first-order valence-corrected chi connectivity index (χ1v) is 13.2. The zero-order chi connectivity index (χ0) is 28.6. The summed E-state index contributed by atoms with van der Waals surface area (Å²) in [5, 5.41) is 8.86. The molecule has 2 N–H and O–H groups in total. The van der Waals surface area contributed by atoms with Crippen molar-refractivity contribution in [3.05, 3.63) is 106 Å². The number of aryl methyl sites for hydroxylation is 2. The molecule has 0 saturated heterocycles. The molecule has 0 bridgehead atoms. The molecular weight excluding hydrogens is 509 g/mol. The molecule has 206 valence electrons. The molecule has 2 amide bonds. The Kier molecular flexibility index (Phi) is 7.25. The molecule has 1 heterocycles. The summed E-state index contributed by atoms with van der Waals surface area (Å²) < 4.78 is 19.9. The highest BCUT2D eigenvalue weighted by Crippen LogP contribution is 2.47. The second kappa shape index (κ2) is 10.7. The number of nitrogens with zero attached hydrogens (tertiary/aromatic N) is 4. The van der Waals surface area contributed by atoms with Crippen LogP contribution in [0.25, 0.3) is 11.5 Å². The molecule has 1 aliphatic rings. The van der Waals surface area contributed by atoms with E-state index in [1.165, 1.54) is 12.1 Å². The van der Waals surface area contributed by atoms with Crippen molar-refractivity contribution >= 4 is 11.8 Å². The van der Waals surface area contributed by atoms with Gasteiger partial charge in [-0.2, -0.15) is 0 Å². The van der Waals surface area contributed by atoms with Crippen molar-refractivity contribution in [2.75, 3.05) is 34.7 Å². The van der Waals surface area contributed by atoms with Crippen LogP contribution in [0.3, 0.4) is 0 Å². The number of fused-ring (bicyclic) bond motifs is 2. The molecule has 0 aliphatic heterocycles. The van der Waals surface area contributed by atoms with Gasteiger partial charge in [-0.3, -0.25) is 9.59 Å². The molecule has 40 heavy (non-hydrogen) atoms. The number of benzene rings is 3. The Morgan fingerprint density at radius 3 is 1.85 bits per heavy atom. The minimum absolute atomic E-state index is 0.0933. The SMILES string of the molecule is CN(C)C(=O)c1ccc2c(c1)CCc1cc(C(=O)N(C)C)ccc1C2(CCN)c1nnc(-c2ccc(F)cc2)o1. The van der Waals surface area contributed by atoms with E-state index in [1.54, 1.807) is 50.1 Å². The van der Waals surface area contributed by atoms with Crippen molar-refractivity contribution in [1.29, 1.82) is 0 Å². The second-order valence-electron chi connectivity index (χ2n) is 10.5. The van der Waals surface area contributed by atoms with Crippen molar-refractivity contribution in [1.82, 2.24) is 20.0 Å². The van der Waals surface area contributed by atoms with Crippen LogP contribution in [-0.4, -0.2) is 66.5 Å². The van der Waals surface area contributed by atoms with E-state index in [2.05, 4.69) is 10.2 Å². The third-order valence-corrected chi connectivity index (χ3v) is 7.50. The molecule has 0 spiro atoms. The van der Waals surface area contributed by atoms with Crippen LogP contribution in [0.15, 0.2) is 65.1 Å². The van der Waals surface area contributed by atoms with Crippen molar-refractivity contribution in [2.24, 2.45) is 5.73 Å². The van der Waals surface area contributed by atoms with Gasteiger partial charge in [0.25, 0.3) is 11.8 Å². The topological polar surface area (TPSA) is 106 Å². The molecule has 0 atom stereocenters. The van der Waals surface area contributed by atoms with Crippen LogP contribution in [0.1, 0.15) is 55.3 Å². The first kappa shape index (κ1) is 27.2. The number of nitrogens with two attached hydrogens (primary N) is 1. The summed E-state index contributed by atoms with van der Waals surface area (Å²) in [5.41, 5.74) is 10.9. The van der Waals surface area contributed by atoms with E-state index in [4.69, 9.17) is 10.2 Å². The maximum absolute atomic E-state index is 13.6. The van der Waals surface area contributed by atoms with Gasteiger partial charge < -0.3 is 20.0 Å². The van der Waals surface area contributed by atoms with Gasteiger partial charge in [0.1, 0.15) is 11.2 Å². The molecule has 4 aromatic rings. The highest BCUT2D eigenvalue weighted by molar-refractivity contribution is 5.95. The normalized spacial score (nSPS) is 13.7. The molecule has 0 radical (unpaired) electrons. The second-order valence-corrected chi connectivity index (χ2v) is 10.5. The van der Waals surface area contributed by atoms with Gasteiger partial charge in [0, 0.05) is 44.9 Å². The molecular formula is C31H32FN5O3. The highest BCUT2D eigenvalue weighted by Gasteiger charge is 2.45. The Morgan fingerprint density at radius 2 is 1.38 bits per heavy atom. The Labute approximate surface area is 232 Å². The van der Waals surface area contributed by atoms with Crippen LogP contribution in [0.2, 0.25) is 0 Å². The summed E-state index contributed by atoms with van der Waals surface area (Å²) in [4.78, 5) is 28.8. The lowest BCUT2D eigenvalue weighted by Gasteiger charge is -2.33. The van der Waals surface area contributed by atoms with Gasteiger partial charge in [0.05, 0.1) is 0 Å². The van der Waals surface area contributed by atoms with Gasteiger partial charge in [-0.15, -0.1) is 10.2 Å². The lowest BCUT2D eigenvalue weighted by molar-refractivity contribution is 0.0820. The van der Waals surface area contributed by atoms with E-state index in [1.807, 2.05) is 36.4 Å². The Balaban J connectivity index is 1.76. The molecule has 5 rings (SSSR count). The maximum atomic E-state index is 13.6. The number of halogens is 1. The third-order valence-electron chi connectivity index (χ3n) is 7.50. The molecule has 1 aliphatic carbocycles. The van der Waals surface area contributed by atoms with Gasteiger partial charge in [-0.05, 0) is 96.6 Å². The van der Waals surface area contributed by atoms with E-state index in [9.17, 15) is 14.0 Å². The maximum Gasteiger partial charge on any atom is 0.253 e. The van der Waals surface area contributed by atoms with Crippen LogP contribution in [0.4, 0.5) is 4.39 Å². The smallest absolute Gasteiger partial charge is 0.253 e. The summed E-state index contributed by atoms with van der Waals surface area (Å²) in [6.45, 7) is 0.309. The minimum Gasteiger partial charge on any atom is -0.419 e. The highest BCUT2D eigenvalue weighted by atomic mass is 19.1. The fourth-order valence-corrected chi connectivity index (χ4v) is 5.56. The predicted molar refractivity (Wildman–Crippen MR) is 150 cm³/mol. The summed E-state index contributed by atoms with van der Waals surface area (Å²) >= 11 is 0. The number of rotatable bonds is 6. The van der Waals surface area contributed by atoms with Crippen molar-refractivity contribution in [2.45, 2.75) is 24.7 Å². The van der Waals surface area contributed by atoms with E-state index in [0.29, 0.717) is 48.4 Å². The Hall–Kier alpha value is -4.37. The molecule has 0 unspecified atom stereocenters. The number of carbonyl (C=O) groups is 2. The average Bonchev–Trinajstić information content (AvgIpc) is 3.40. The summed E-state index contributed by atoms with van der Waals surface area (Å²) in [7, 11) is 6.89. The fraction of sp³-hybridized carbons (Fsp3) is 0.290. The first-order chi connectivity index (χ1) is 19.1. The molecule has 1 aromatic heterocycles. The molecule has 0 fully saturated rings. The standard InChI is InChI=1S/C31H32FN5O3/c1-36(2)28(38)22-9-13-25-20(17-22)5-6-21-18-23(29(39)37(3)4)10-14-26(21)31(25,15-16-33)30-35-34-27(40-30)19-7-11-24(32)12-8-19/h7-14,17-18H,5-6,15-16,33H2,1-4H3. The van der Waals surface area contributed by atoms with Gasteiger partial charge in [0.2, 0.25) is 11.8 Å². The van der Waals surface area contributed by atoms with Crippen LogP contribution in [0.5, 0.6) is 0 Å². The summed E-state index contributed by atoms with van der Waals surface area (Å²) in [5.74, 6) is 0.0620. The van der Waals surface area contributed by atoms with Gasteiger partial charge >= 0.3 is 0 Å². The zero-order valence-electron chi connectivity index (χ0n) is 23.1. The van der Waals surface area contributed by atoms with Crippen LogP contribution in [-0.2, 0) is 18.3 Å². The monoisotopic (exact) mass is 541 g/mol. The number of carbonyl (C=O) groups excluding carboxylic acids is 2.